The van der Waals surface area contributed by atoms with Gasteiger partial charge in [-0.25, -0.2) is 0 Å². The average molecular weight is 246 g/mol. The van der Waals surface area contributed by atoms with Crippen molar-refractivity contribution in [3.05, 3.63) is 42.0 Å². The molecule has 0 N–H and O–H groups in total. The Kier molecular flexibility index (Phi) is 3.94. The Balaban J connectivity index is 1.98. The molecule has 0 atom stereocenters. The van der Waals surface area contributed by atoms with Crippen molar-refractivity contribution in [1.29, 1.82) is 0 Å². The topological polar surface area (TPSA) is 43.2 Å². The van der Waals surface area contributed by atoms with E-state index in [4.69, 9.17) is 4.74 Å². The van der Waals surface area contributed by atoms with Crippen LogP contribution in [0.1, 0.15) is 11.4 Å². The number of ether oxygens (including phenoxy) is 1. The van der Waals surface area contributed by atoms with E-state index in [9.17, 15) is 0 Å². The van der Waals surface area contributed by atoms with E-state index in [0.29, 0.717) is 0 Å². The number of hydrogen-bond donors (Lipinski definition) is 0. The van der Waals surface area contributed by atoms with Crippen LogP contribution in [0.2, 0.25) is 0 Å². The maximum atomic E-state index is 5.22. The lowest BCUT2D eigenvalue weighted by Crippen LogP contribution is -2.19. The third-order valence-corrected chi connectivity index (χ3v) is 2.80. The molecule has 18 heavy (non-hydrogen) atoms. The molecule has 0 aliphatic carbocycles. The van der Waals surface area contributed by atoms with Crippen molar-refractivity contribution in [3.8, 4) is 5.75 Å². The maximum Gasteiger partial charge on any atom is 0.146 e. The summed E-state index contributed by atoms with van der Waals surface area (Å²) in [7, 11) is 5.70. The summed E-state index contributed by atoms with van der Waals surface area (Å²) >= 11 is 0. The van der Waals surface area contributed by atoms with Gasteiger partial charge in [-0.15, -0.1) is 10.2 Å². The van der Waals surface area contributed by atoms with Crippen LogP contribution in [0.15, 0.2) is 30.6 Å². The molecule has 0 saturated carbocycles. The zero-order valence-corrected chi connectivity index (χ0v) is 11.0. The number of methoxy groups -OCH3 is 1. The van der Waals surface area contributed by atoms with Crippen LogP contribution in [0.5, 0.6) is 5.75 Å². The number of aromatic nitrogens is 3. The highest BCUT2D eigenvalue weighted by atomic mass is 16.5. The van der Waals surface area contributed by atoms with Crippen molar-refractivity contribution < 1.29 is 4.74 Å². The first-order valence-electron chi connectivity index (χ1n) is 5.83. The minimum Gasteiger partial charge on any atom is -0.497 e. The summed E-state index contributed by atoms with van der Waals surface area (Å²) in [6.07, 6.45) is 1.72. The minimum absolute atomic E-state index is 0.772. The lowest BCUT2D eigenvalue weighted by atomic mass is 10.2. The van der Waals surface area contributed by atoms with Gasteiger partial charge in [-0.05, 0) is 24.7 Å². The van der Waals surface area contributed by atoms with E-state index in [1.54, 1.807) is 13.4 Å². The van der Waals surface area contributed by atoms with Crippen LogP contribution in [-0.4, -0.2) is 33.8 Å². The number of aryl methyl sites for hydroxylation is 1. The molecule has 1 heterocycles. The smallest absolute Gasteiger partial charge is 0.146 e. The van der Waals surface area contributed by atoms with Gasteiger partial charge < -0.3 is 9.30 Å². The van der Waals surface area contributed by atoms with Gasteiger partial charge in [0.15, 0.2) is 0 Å². The molecular formula is C13H18N4O. The van der Waals surface area contributed by atoms with Crippen molar-refractivity contribution in [1.82, 2.24) is 19.7 Å². The standard InChI is InChI=1S/C13H18N4O/c1-16(9-13-15-14-10-17(13)2)8-11-5-4-6-12(7-11)18-3/h4-7,10H,8-9H2,1-3H3. The van der Waals surface area contributed by atoms with Gasteiger partial charge in [0.1, 0.15) is 17.9 Å². The predicted molar refractivity (Wildman–Crippen MR) is 69.2 cm³/mol. The Labute approximate surface area is 107 Å². The molecule has 96 valence electrons. The second kappa shape index (κ2) is 5.64. The molecule has 0 bridgehead atoms. The largest absolute Gasteiger partial charge is 0.497 e. The molecule has 0 fully saturated rings. The number of nitrogens with zero attached hydrogens (tertiary/aromatic N) is 4. The van der Waals surface area contributed by atoms with Gasteiger partial charge in [-0.1, -0.05) is 12.1 Å². The predicted octanol–water partition coefficient (Wildman–Crippen LogP) is 1.46. The molecular weight excluding hydrogens is 228 g/mol. The van der Waals surface area contributed by atoms with Gasteiger partial charge in [-0.2, -0.15) is 0 Å². The van der Waals surface area contributed by atoms with E-state index >= 15 is 0 Å². The van der Waals surface area contributed by atoms with Gasteiger partial charge in [0.2, 0.25) is 0 Å². The third kappa shape index (κ3) is 3.07. The van der Waals surface area contributed by atoms with E-state index < -0.39 is 0 Å². The van der Waals surface area contributed by atoms with Crippen molar-refractivity contribution in [2.75, 3.05) is 14.2 Å². The summed E-state index contributed by atoms with van der Waals surface area (Å²) in [6, 6.07) is 8.10. The third-order valence-electron chi connectivity index (χ3n) is 2.80. The highest BCUT2D eigenvalue weighted by Crippen LogP contribution is 2.14. The van der Waals surface area contributed by atoms with E-state index in [2.05, 4.69) is 28.2 Å². The van der Waals surface area contributed by atoms with Crippen LogP contribution in [-0.2, 0) is 20.1 Å². The minimum atomic E-state index is 0.772. The van der Waals surface area contributed by atoms with Crippen LogP contribution in [0, 0.1) is 0 Å². The van der Waals surface area contributed by atoms with Gasteiger partial charge in [0.25, 0.3) is 0 Å². The number of benzene rings is 1. The fourth-order valence-electron chi connectivity index (χ4n) is 1.83. The Hall–Kier alpha value is -1.88. The van der Waals surface area contributed by atoms with Gasteiger partial charge in [-0.3, -0.25) is 4.90 Å². The molecule has 5 nitrogen and oxygen atoms in total. The normalized spacial score (nSPS) is 10.9. The molecule has 0 aliphatic heterocycles. The summed E-state index contributed by atoms with van der Waals surface area (Å²) in [5, 5.41) is 7.95. The summed E-state index contributed by atoms with van der Waals surface area (Å²) in [6.45, 7) is 1.62. The van der Waals surface area contributed by atoms with Crippen molar-refractivity contribution in [2.24, 2.45) is 7.05 Å². The summed E-state index contributed by atoms with van der Waals surface area (Å²) in [4.78, 5) is 2.19. The van der Waals surface area contributed by atoms with Crippen molar-refractivity contribution in [2.45, 2.75) is 13.1 Å². The molecule has 0 aliphatic rings. The first-order chi connectivity index (χ1) is 8.69. The first-order valence-corrected chi connectivity index (χ1v) is 5.83. The average Bonchev–Trinajstić information content (AvgIpc) is 2.75. The van der Waals surface area contributed by atoms with Gasteiger partial charge >= 0.3 is 0 Å². The number of hydrogen-bond acceptors (Lipinski definition) is 4. The Morgan fingerprint density at radius 3 is 2.83 bits per heavy atom. The molecule has 1 aromatic carbocycles. The van der Waals surface area contributed by atoms with E-state index in [0.717, 1.165) is 24.7 Å². The monoisotopic (exact) mass is 246 g/mol. The van der Waals surface area contributed by atoms with Gasteiger partial charge in [0, 0.05) is 13.6 Å². The van der Waals surface area contributed by atoms with Crippen LogP contribution >= 0.6 is 0 Å². The molecule has 2 aromatic rings. The SMILES string of the molecule is COc1cccc(CN(C)Cc2nncn2C)c1. The van der Waals surface area contributed by atoms with Gasteiger partial charge in [0.05, 0.1) is 13.7 Å². The molecule has 0 spiro atoms. The molecule has 0 unspecified atom stereocenters. The first kappa shape index (κ1) is 12.6. The summed E-state index contributed by atoms with van der Waals surface area (Å²) < 4.78 is 7.15. The molecule has 0 radical (unpaired) electrons. The van der Waals surface area contributed by atoms with Crippen molar-refractivity contribution >= 4 is 0 Å². The Morgan fingerprint density at radius 1 is 1.33 bits per heavy atom. The fourth-order valence-corrected chi connectivity index (χ4v) is 1.83. The molecule has 2 rings (SSSR count). The molecule has 0 saturated heterocycles. The highest BCUT2D eigenvalue weighted by Gasteiger charge is 2.06. The quantitative estimate of drug-likeness (QED) is 0.801. The Bertz CT molecular complexity index is 509. The lowest BCUT2D eigenvalue weighted by Gasteiger charge is -2.16. The summed E-state index contributed by atoms with van der Waals surface area (Å²) in [5.74, 6) is 1.85. The number of rotatable bonds is 5. The molecule has 1 aromatic heterocycles. The van der Waals surface area contributed by atoms with Crippen molar-refractivity contribution in [3.63, 3.8) is 0 Å². The fraction of sp³-hybridized carbons (Fsp3) is 0.385. The second-order valence-corrected chi connectivity index (χ2v) is 4.38. The van der Waals surface area contributed by atoms with E-state index in [-0.39, 0.29) is 0 Å². The second-order valence-electron chi connectivity index (χ2n) is 4.38. The van der Waals surface area contributed by atoms with E-state index in [1.807, 2.05) is 29.8 Å². The lowest BCUT2D eigenvalue weighted by molar-refractivity contribution is 0.306. The van der Waals surface area contributed by atoms with Crippen LogP contribution in [0.25, 0.3) is 0 Å². The molecule has 5 heteroatoms. The van der Waals surface area contributed by atoms with Crippen LogP contribution in [0.4, 0.5) is 0 Å². The molecule has 0 amide bonds. The zero-order valence-electron chi connectivity index (χ0n) is 11.0. The Morgan fingerprint density at radius 2 is 2.17 bits per heavy atom. The van der Waals surface area contributed by atoms with E-state index in [1.165, 1.54) is 5.56 Å². The van der Waals surface area contributed by atoms with Crippen LogP contribution < -0.4 is 4.74 Å². The highest BCUT2D eigenvalue weighted by molar-refractivity contribution is 5.28. The van der Waals surface area contributed by atoms with Crippen LogP contribution in [0.3, 0.4) is 0 Å². The zero-order chi connectivity index (χ0) is 13.0. The maximum absolute atomic E-state index is 5.22. The summed E-state index contributed by atoms with van der Waals surface area (Å²) in [5.41, 5.74) is 1.22.